The van der Waals surface area contributed by atoms with Gasteiger partial charge in [0.2, 0.25) is 0 Å². The Morgan fingerprint density at radius 3 is 2.54 bits per heavy atom. The van der Waals surface area contributed by atoms with Gasteiger partial charge in [0.25, 0.3) is 5.91 Å². The van der Waals surface area contributed by atoms with Crippen LogP contribution < -0.4 is 10.1 Å². The quantitative estimate of drug-likeness (QED) is 0.754. The number of benzene rings is 2. The van der Waals surface area contributed by atoms with Crippen LogP contribution in [0.4, 0.5) is 5.69 Å². The molecule has 2 aromatic rings. The van der Waals surface area contributed by atoms with E-state index < -0.39 is 12.1 Å². The molecule has 0 aliphatic rings. The number of rotatable bonds is 6. The van der Waals surface area contributed by atoms with Gasteiger partial charge in [0.05, 0.1) is 12.2 Å². The maximum absolute atomic E-state index is 12.2. The van der Waals surface area contributed by atoms with Crippen LogP contribution in [0.5, 0.6) is 5.75 Å². The molecule has 0 bridgehead atoms. The number of anilines is 1. The number of amides is 1. The highest BCUT2D eigenvalue weighted by molar-refractivity contribution is 9.10. The summed E-state index contributed by atoms with van der Waals surface area (Å²) in [4.78, 5) is 24.0. The summed E-state index contributed by atoms with van der Waals surface area (Å²) in [7, 11) is 0. The Morgan fingerprint density at radius 2 is 1.88 bits per heavy atom. The summed E-state index contributed by atoms with van der Waals surface area (Å²) in [6, 6.07) is 13.8. The van der Waals surface area contributed by atoms with Crippen LogP contribution in [0.1, 0.15) is 24.2 Å². The SMILES string of the molecule is CCOC(=O)c1cccc(NC(=O)C(C)Oc2ccc(Br)cc2)c1. The van der Waals surface area contributed by atoms with Gasteiger partial charge in [0.1, 0.15) is 5.75 Å². The zero-order chi connectivity index (χ0) is 17.5. The summed E-state index contributed by atoms with van der Waals surface area (Å²) in [5.74, 6) is -0.132. The Balaban J connectivity index is 1.99. The van der Waals surface area contributed by atoms with Crippen molar-refractivity contribution in [1.82, 2.24) is 0 Å². The van der Waals surface area contributed by atoms with Crippen LogP contribution in [0.15, 0.2) is 53.0 Å². The van der Waals surface area contributed by atoms with Crippen LogP contribution in [0.2, 0.25) is 0 Å². The van der Waals surface area contributed by atoms with E-state index in [0.29, 0.717) is 23.6 Å². The number of nitrogens with one attached hydrogen (secondary N) is 1. The van der Waals surface area contributed by atoms with Crippen LogP contribution in [0.3, 0.4) is 0 Å². The van der Waals surface area contributed by atoms with Crippen LogP contribution >= 0.6 is 15.9 Å². The molecule has 126 valence electrons. The van der Waals surface area contributed by atoms with E-state index in [2.05, 4.69) is 21.2 Å². The predicted molar refractivity (Wildman–Crippen MR) is 95.3 cm³/mol. The van der Waals surface area contributed by atoms with E-state index in [9.17, 15) is 9.59 Å². The summed E-state index contributed by atoms with van der Waals surface area (Å²) in [6.45, 7) is 3.70. The first-order chi connectivity index (χ1) is 11.5. The van der Waals surface area contributed by atoms with E-state index in [-0.39, 0.29) is 5.91 Å². The molecule has 2 rings (SSSR count). The fourth-order valence-electron chi connectivity index (χ4n) is 1.95. The highest BCUT2D eigenvalue weighted by Gasteiger charge is 2.16. The van der Waals surface area contributed by atoms with Gasteiger partial charge in [0, 0.05) is 10.2 Å². The van der Waals surface area contributed by atoms with E-state index in [1.807, 2.05) is 12.1 Å². The smallest absolute Gasteiger partial charge is 0.338 e. The van der Waals surface area contributed by atoms with Crippen molar-refractivity contribution in [3.8, 4) is 5.75 Å². The Kier molecular flexibility index (Phi) is 6.37. The lowest BCUT2D eigenvalue weighted by atomic mass is 10.2. The zero-order valence-corrected chi connectivity index (χ0v) is 15.0. The molecule has 0 heterocycles. The second-order valence-corrected chi connectivity index (χ2v) is 5.92. The van der Waals surface area contributed by atoms with Crippen LogP contribution in [-0.4, -0.2) is 24.6 Å². The largest absolute Gasteiger partial charge is 0.481 e. The molecule has 6 heteroatoms. The predicted octanol–water partition coefficient (Wildman–Crippen LogP) is 4.03. The molecule has 1 N–H and O–H groups in total. The fraction of sp³-hybridized carbons (Fsp3) is 0.222. The van der Waals surface area contributed by atoms with Crippen molar-refractivity contribution < 1.29 is 19.1 Å². The van der Waals surface area contributed by atoms with Gasteiger partial charge < -0.3 is 14.8 Å². The molecule has 0 aliphatic carbocycles. The van der Waals surface area contributed by atoms with Crippen molar-refractivity contribution in [2.24, 2.45) is 0 Å². The van der Waals surface area contributed by atoms with Crippen molar-refractivity contribution in [3.05, 3.63) is 58.6 Å². The number of carbonyl (C=O) groups excluding carboxylic acids is 2. The molecule has 0 spiro atoms. The molecule has 0 saturated carbocycles. The highest BCUT2D eigenvalue weighted by Crippen LogP contribution is 2.18. The summed E-state index contributed by atoms with van der Waals surface area (Å²) in [5, 5.41) is 2.73. The number of halogens is 1. The Labute approximate surface area is 149 Å². The van der Waals surface area contributed by atoms with E-state index in [1.54, 1.807) is 50.2 Å². The average molecular weight is 392 g/mol. The Morgan fingerprint density at radius 1 is 1.17 bits per heavy atom. The lowest BCUT2D eigenvalue weighted by Gasteiger charge is -2.15. The summed E-state index contributed by atoms with van der Waals surface area (Å²) in [6.07, 6.45) is -0.683. The molecule has 0 aromatic heterocycles. The second-order valence-electron chi connectivity index (χ2n) is 5.00. The number of ether oxygens (including phenoxy) is 2. The van der Waals surface area contributed by atoms with E-state index in [4.69, 9.17) is 9.47 Å². The van der Waals surface area contributed by atoms with Gasteiger partial charge in [-0.2, -0.15) is 0 Å². The van der Waals surface area contributed by atoms with E-state index >= 15 is 0 Å². The molecule has 2 aromatic carbocycles. The molecule has 1 amide bonds. The first kappa shape index (κ1) is 18.0. The number of carbonyl (C=O) groups is 2. The fourth-order valence-corrected chi connectivity index (χ4v) is 2.22. The monoisotopic (exact) mass is 391 g/mol. The molecule has 24 heavy (non-hydrogen) atoms. The molecule has 0 saturated heterocycles. The minimum absolute atomic E-state index is 0.299. The maximum atomic E-state index is 12.2. The third-order valence-electron chi connectivity index (χ3n) is 3.14. The summed E-state index contributed by atoms with van der Waals surface area (Å²) < 4.78 is 11.5. The molecular weight excluding hydrogens is 374 g/mol. The average Bonchev–Trinajstić information content (AvgIpc) is 2.57. The van der Waals surface area contributed by atoms with E-state index in [1.165, 1.54) is 0 Å². The molecular formula is C18H18BrNO4. The molecule has 1 atom stereocenters. The van der Waals surface area contributed by atoms with Crippen molar-refractivity contribution in [3.63, 3.8) is 0 Å². The first-order valence-electron chi connectivity index (χ1n) is 7.50. The van der Waals surface area contributed by atoms with Gasteiger partial charge in [-0.15, -0.1) is 0 Å². The normalized spacial score (nSPS) is 11.5. The van der Waals surface area contributed by atoms with Gasteiger partial charge in [-0.3, -0.25) is 4.79 Å². The lowest BCUT2D eigenvalue weighted by Crippen LogP contribution is -2.30. The summed E-state index contributed by atoms with van der Waals surface area (Å²) in [5.41, 5.74) is 0.896. The van der Waals surface area contributed by atoms with Gasteiger partial charge >= 0.3 is 5.97 Å². The number of hydrogen-bond acceptors (Lipinski definition) is 4. The standard InChI is InChI=1S/C18H18BrNO4/c1-3-23-18(22)13-5-4-6-15(11-13)20-17(21)12(2)24-16-9-7-14(19)8-10-16/h4-12H,3H2,1-2H3,(H,20,21). The number of esters is 1. The molecule has 0 aliphatic heterocycles. The van der Waals surface area contributed by atoms with Gasteiger partial charge in [-0.1, -0.05) is 22.0 Å². The van der Waals surface area contributed by atoms with Crippen molar-refractivity contribution in [1.29, 1.82) is 0 Å². The number of hydrogen-bond donors (Lipinski definition) is 1. The topological polar surface area (TPSA) is 64.6 Å². The minimum Gasteiger partial charge on any atom is -0.481 e. The highest BCUT2D eigenvalue weighted by atomic mass is 79.9. The molecule has 1 unspecified atom stereocenters. The molecule has 0 fully saturated rings. The van der Waals surface area contributed by atoms with Crippen LogP contribution in [0.25, 0.3) is 0 Å². The van der Waals surface area contributed by atoms with Crippen molar-refractivity contribution in [2.45, 2.75) is 20.0 Å². The van der Waals surface area contributed by atoms with Crippen molar-refractivity contribution >= 4 is 33.5 Å². The lowest BCUT2D eigenvalue weighted by molar-refractivity contribution is -0.122. The third kappa shape index (κ3) is 5.09. The van der Waals surface area contributed by atoms with Gasteiger partial charge in [0.15, 0.2) is 6.10 Å². The van der Waals surface area contributed by atoms with Crippen molar-refractivity contribution in [2.75, 3.05) is 11.9 Å². The Bertz CT molecular complexity index is 715. The van der Waals surface area contributed by atoms with Crippen LogP contribution in [-0.2, 0) is 9.53 Å². The van der Waals surface area contributed by atoms with Crippen LogP contribution in [0, 0.1) is 0 Å². The van der Waals surface area contributed by atoms with Gasteiger partial charge in [-0.25, -0.2) is 4.79 Å². The van der Waals surface area contributed by atoms with Gasteiger partial charge in [-0.05, 0) is 56.3 Å². The van der Waals surface area contributed by atoms with E-state index in [0.717, 1.165) is 4.47 Å². The summed E-state index contributed by atoms with van der Waals surface area (Å²) >= 11 is 3.34. The third-order valence-corrected chi connectivity index (χ3v) is 3.67. The zero-order valence-electron chi connectivity index (χ0n) is 13.4. The first-order valence-corrected chi connectivity index (χ1v) is 8.29. The second kappa shape index (κ2) is 8.49. The minimum atomic E-state index is -0.683. The maximum Gasteiger partial charge on any atom is 0.338 e. The Hall–Kier alpha value is -2.34. The molecule has 5 nitrogen and oxygen atoms in total. The molecule has 0 radical (unpaired) electrons.